The lowest BCUT2D eigenvalue weighted by molar-refractivity contribution is -0.152. The molecule has 0 aliphatic heterocycles. The predicted octanol–water partition coefficient (Wildman–Crippen LogP) is 6.55. The highest BCUT2D eigenvalue weighted by Crippen LogP contribution is 2.44. The number of nitrogens with zero attached hydrogens (tertiary/aromatic N) is 3. The maximum Gasteiger partial charge on any atom is 0.433 e. The van der Waals surface area contributed by atoms with Gasteiger partial charge in [0.25, 0.3) is 5.91 Å². The molecule has 13 heteroatoms. The van der Waals surface area contributed by atoms with E-state index in [1.165, 1.54) is 12.1 Å². The van der Waals surface area contributed by atoms with E-state index in [4.69, 9.17) is 23.2 Å². The van der Waals surface area contributed by atoms with E-state index in [1.54, 1.807) is 13.8 Å². The lowest BCUT2D eigenvalue weighted by atomic mass is 9.74. The number of carboxylic acid groups (broad SMARTS) is 1. The molecule has 1 aromatic carbocycles. The van der Waals surface area contributed by atoms with Gasteiger partial charge in [0.05, 0.1) is 51.9 Å². The lowest BCUT2D eigenvalue weighted by Gasteiger charge is -2.34. The van der Waals surface area contributed by atoms with Crippen molar-refractivity contribution in [2.24, 2.45) is 5.41 Å². The van der Waals surface area contributed by atoms with Crippen LogP contribution in [0.1, 0.15) is 83.5 Å². The van der Waals surface area contributed by atoms with Crippen molar-refractivity contribution in [3.8, 4) is 0 Å². The Morgan fingerprint density at radius 1 is 1.13 bits per heavy atom. The van der Waals surface area contributed by atoms with Crippen LogP contribution in [0.15, 0.2) is 18.3 Å². The van der Waals surface area contributed by atoms with Crippen molar-refractivity contribution in [2.75, 3.05) is 13.1 Å². The van der Waals surface area contributed by atoms with Gasteiger partial charge < -0.3 is 10.0 Å². The molecule has 0 saturated heterocycles. The number of rotatable bonds is 8. The summed E-state index contributed by atoms with van der Waals surface area (Å²) in [5.74, 6) is -2.97. The van der Waals surface area contributed by atoms with Crippen LogP contribution in [-0.4, -0.2) is 56.2 Å². The molecule has 0 spiro atoms. The van der Waals surface area contributed by atoms with Crippen LogP contribution in [0.25, 0.3) is 0 Å². The van der Waals surface area contributed by atoms with E-state index in [0.29, 0.717) is 10.2 Å². The number of carboxylic acids is 1. The van der Waals surface area contributed by atoms with Gasteiger partial charge in [0.15, 0.2) is 11.5 Å². The number of aryl methyl sites for hydroxylation is 1. The molecule has 0 radical (unpaired) electrons. The average Bonchev–Trinajstić information content (AvgIpc) is 3.36. The first-order valence-corrected chi connectivity index (χ1v) is 13.2. The molecule has 1 N–H and O–H groups in total. The van der Waals surface area contributed by atoms with E-state index < -0.39 is 65.3 Å². The summed E-state index contributed by atoms with van der Waals surface area (Å²) in [7, 11) is 0. The molecule has 4 rings (SSSR count). The fraction of sp³-hybridized carbons (Fsp3) is 0.538. The lowest BCUT2D eigenvalue weighted by Crippen LogP contribution is -2.41. The number of hydrogen-bond donors (Lipinski definition) is 1. The van der Waals surface area contributed by atoms with Crippen LogP contribution in [0.5, 0.6) is 0 Å². The summed E-state index contributed by atoms with van der Waals surface area (Å²) in [6.45, 7) is 1.92. The molecular formula is C26H27Cl2F4N3O4. The van der Waals surface area contributed by atoms with Crippen LogP contribution in [-0.2, 0) is 11.0 Å². The summed E-state index contributed by atoms with van der Waals surface area (Å²) >= 11 is 12.4. The largest absolute Gasteiger partial charge is 0.481 e. The van der Waals surface area contributed by atoms with Crippen molar-refractivity contribution < 1.29 is 37.1 Å². The Balaban J connectivity index is 1.66. The van der Waals surface area contributed by atoms with Crippen LogP contribution in [0.3, 0.4) is 0 Å². The third-order valence-electron chi connectivity index (χ3n) is 7.57. The number of carbonyl (C=O) groups is 3. The number of benzene rings is 1. The maximum absolute atomic E-state index is 14.8. The highest BCUT2D eigenvalue weighted by atomic mass is 35.5. The van der Waals surface area contributed by atoms with Crippen LogP contribution in [0, 0.1) is 12.3 Å². The Labute approximate surface area is 232 Å². The summed E-state index contributed by atoms with van der Waals surface area (Å²) in [6, 6.07) is 2.18. The van der Waals surface area contributed by atoms with Crippen molar-refractivity contribution in [2.45, 2.75) is 70.3 Å². The van der Waals surface area contributed by atoms with Crippen LogP contribution in [0.2, 0.25) is 10.0 Å². The number of amides is 1. The molecule has 39 heavy (non-hydrogen) atoms. The van der Waals surface area contributed by atoms with Gasteiger partial charge in [-0.25, -0.2) is 4.39 Å². The van der Waals surface area contributed by atoms with Gasteiger partial charge >= 0.3 is 12.1 Å². The summed E-state index contributed by atoms with van der Waals surface area (Å²) < 4.78 is 58.5. The van der Waals surface area contributed by atoms with E-state index >= 15 is 0 Å². The zero-order valence-corrected chi connectivity index (χ0v) is 22.8. The molecule has 2 aromatic rings. The Morgan fingerprint density at radius 3 is 2.18 bits per heavy atom. The van der Waals surface area contributed by atoms with Crippen molar-refractivity contribution in [3.05, 3.63) is 50.8 Å². The van der Waals surface area contributed by atoms with E-state index in [-0.39, 0.29) is 54.1 Å². The third kappa shape index (κ3) is 6.09. The van der Waals surface area contributed by atoms with E-state index in [2.05, 4.69) is 5.10 Å². The van der Waals surface area contributed by atoms with E-state index in [0.717, 1.165) is 11.1 Å². The van der Waals surface area contributed by atoms with Gasteiger partial charge in [0.2, 0.25) is 0 Å². The van der Waals surface area contributed by atoms with Gasteiger partial charge in [0.1, 0.15) is 5.67 Å². The highest BCUT2D eigenvalue weighted by Gasteiger charge is 2.48. The molecule has 212 valence electrons. The zero-order chi connectivity index (χ0) is 28.9. The van der Waals surface area contributed by atoms with Crippen LogP contribution < -0.4 is 0 Å². The van der Waals surface area contributed by atoms with Gasteiger partial charge in [-0.3, -0.25) is 19.1 Å². The minimum atomic E-state index is -5.00. The smallest absolute Gasteiger partial charge is 0.433 e. The highest BCUT2D eigenvalue weighted by molar-refractivity contribution is 6.40. The number of ketones is 1. The van der Waals surface area contributed by atoms with Crippen molar-refractivity contribution >= 4 is 40.9 Å². The second-order valence-electron chi connectivity index (χ2n) is 10.8. The molecule has 2 saturated carbocycles. The van der Waals surface area contributed by atoms with Gasteiger partial charge in [-0.05, 0) is 70.1 Å². The maximum atomic E-state index is 14.8. The summed E-state index contributed by atoms with van der Waals surface area (Å²) in [5.41, 5.74) is -4.44. The molecule has 1 amide bonds. The number of Topliss-reactive ketones (excluding diaryl/α,β-unsaturated/α-hetero) is 1. The summed E-state index contributed by atoms with van der Waals surface area (Å²) in [5, 5.41) is 13.3. The molecule has 1 heterocycles. The molecule has 7 nitrogen and oxygen atoms in total. The van der Waals surface area contributed by atoms with Crippen LogP contribution in [0.4, 0.5) is 17.6 Å². The zero-order valence-electron chi connectivity index (χ0n) is 21.2. The number of aliphatic carboxylic acids is 1. The fourth-order valence-corrected chi connectivity index (χ4v) is 5.81. The second kappa shape index (κ2) is 10.4. The summed E-state index contributed by atoms with van der Waals surface area (Å²) in [6.07, 6.45) is -3.52. The fourth-order valence-electron chi connectivity index (χ4n) is 5.00. The molecule has 2 fully saturated rings. The number of halogens is 6. The third-order valence-corrected chi connectivity index (χ3v) is 8.17. The minimum Gasteiger partial charge on any atom is -0.481 e. The first-order chi connectivity index (χ1) is 18.0. The van der Waals surface area contributed by atoms with E-state index in [9.17, 15) is 37.1 Å². The minimum absolute atomic E-state index is 0.00763. The Kier molecular flexibility index (Phi) is 7.81. The Hall–Kier alpha value is -2.66. The van der Waals surface area contributed by atoms with Crippen molar-refractivity contribution in [3.63, 3.8) is 0 Å². The SMILES string of the molecule is Cc1cc(Cl)c(C(=O)CN(CC2(F)CC2)C(=O)c2cnn([C@H]3CC[C@](C)(C(=O)O)CC3)c2C(F)(F)F)c(Cl)c1. The summed E-state index contributed by atoms with van der Waals surface area (Å²) in [4.78, 5) is 38.9. The number of hydrogen-bond acceptors (Lipinski definition) is 4. The average molecular weight is 592 g/mol. The van der Waals surface area contributed by atoms with Gasteiger partial charge in [-0.1, -0.05) is 23.2 Å². The molecule has 1 aromatic heterocycles. The Morgan fingerprint density at radius 2 is 1.69 bits per heavy atom. The number of alkyl halides is 4. The number of carbonyl (C=O) groups excluding carboxylic acids is 2. The molecule has 0 unspecified atom stereocenters. The van der Waals surface area contributed by atoms with Crippen molar-refractivity contribution in [1.29, 1.82) is 0 Å². The quantitative estimate of drug-likeness (QED) is 0.277. The monoisotopic (exact) mass is 591 g/mol. The second-order valence-corrected chi connectivity index (χ2v) is 11.6. The van der Waals surface area contributed by atoms with Crippen molar-refractivity contribution in [1.82, 2.24) is 14.7 Å². The topological polar surface area (TPSA) is 92.5 Å². The van der Waals surface area contributed by atoms with Crippen LogP contribution >= 0.6 is 23.2 Å². The first kappa shape index (κ1) is 29.3. The normalized spacial score (nSPS) is 22.4. The molecule has 0 bridgehead atoms. The first-order valence-electron chi connectivity index (χ1n) is 12.4. The standard InChI is InChI=1S/C26H27Cl2F4N3O4/c1-14-9-17(27)20(18(28)10-14)19(36)12-34(13-25(29)7-8-25)22(37)16-11-33-35(21(16)26(30,31)32)15-3-5-24(2,6-4-15)23(38)39/h9-11,15H,3-8,12-13H2,1-2H3,(H,38,39)/t15-,24-. The van der Waals surface area contributed by atoms with Gasteiger partial charge in [-0.2, -0.15) is 18.3 Å². The van der Waals surface area contributed by atoms with E-state index in [1.807, 2.05) is 0 Å². The van der Waals surface area contributed by atoms with Gasteiger partial charge in [0, 0.05) is 0 Å². The van der Waals surface area contributed by atoms with Gasteiger partial charge in [-0.15, -0.1) is 0 Å². The Bertz CT molecular complexity index is 1290. The predicted molar refractivity (Wildman–Crippen MR) is 135 cm³/mol. The number of aromatic nitrogens is 2. The molecule has 2 aliphatic rings. The molecule has 0 atom stereocenters. The molecular weight excluding hydrogens is 565 g/mol. The molecule has 2 aliphatic carbocycles.